The second kappa shape index (κ2) is 13.5. The molecule has 0 aromatic heterocycles. The molecule has 2 aliphatic rings. The number of rotatable bonds is 4. The fraction of sp³-hybridized carbons (Fsp3) is 0.213. The van der Waals surface area contributed by atoms with E-state index in [1.54, 1.807) is 0 Å². The normalized spacial score (nSPS) is 14.1. The molecule has 0 saturated heterocycles. The quantitative estimate of drug-likeness (QED) is 0.166. The van der Waals surface area contributed by atoms with E-state index in [-0.39, 0.29) is 35.6 Å². The molecule has 6 aromatic rings. The van der Waals surface area contributed by atoms with Crippen LogP contribution >= 0.6 is 48.0 Å². The third-order valence-electron chi connectivity index (χ3n) is 11.7. The SMILES string of the molecule is Cl.Cl.[CH2]=[Zr]([C]1=CC=CC1)([c]1cc(C(C)(C)C)cc2c1Cc1ccc(C(C)(C)C)cc1-2)([c]1cc(Cl)cc2ccccc12)[c]1cc(Cl)cc2ccccc12. The third kappa shape index (κ3) is 5.86. The summed E-state index contributed by atoms with van der Waals surface area (Å²) < 4.78 is 11.2. The van der Waals surface area contributed by atoms with Crippen molar-refractivity contribution in [2.24, 2.45) is 0 Å². The van der Waals surface area contributed by atoms with Gasteiger partial charge in [0, 0.05) is 0 Å². The Morgan fingerprint density at radius 3 is 1.65 bits per heavy atom. The van der Waals surface area contributed by atoms with Gasteiger partial charge in [-0.15, -0.1) is 24.8 Å². The van der Waals surface area contributed by atoms with Gasteiger partial charge in [-0.2, -0.15) is 0 Å². The van der Waals surface area contributed by atoms with E-state index in [1.807, 2.05) is 0 Å². The van der Waals surface area contributed by atoms with Crippen LogP contribution in [0.5, 0.6) is 0 Å². The van der Waals surface area contributed by atoms with Crippen LogP contribution in [0.4, 0.5) is 0 Å². The Morgan fingerprint density at radius 1 is 0.596 bits per heavy atom. The van der Waals surface area contributed by atoms with Gasteiger partial charge in [0.25, 0.3) is 0 Å². The van der Waals surface area contributed by atoms with Gasteiger partial charge < -0.3 is 0 Å². The molecule has 0 unspecified atom stereocenters. The summed E-state index contributed by atoms with van der Waals surface area (Å²) in [6.45, 7) is 13.9. The molecule has 0 saturated carbocycles. The number of halogens is 4. The fourth-order valence-electron chi connectivity index (χ4n) is 8.94. The van der Waals surface area contributed by atoms with Crippen LogP contribution in [-0.4, -0.2) is 4.21 Å². The molecule has 0 heterocycles. The van der Waals surface area contributed by atoms with Crippen LogP contribution in [0, 0.1) is 0 Å². The molecular weight excluding hydrogens is 798 g/mol. The molecular formula is C47H46Cl4Zr. The summed E-state index contributed by atoms with van der Waals surface area (Å²) in [5.74, 6) is 0. The standard InChI is InChI=1S/C21H25.2C10H6Cl.C5H5.CH2.2ClH.Zr/c1-20(2,3)16-9-7-14-11-15-8-10-17(21(4,5)6)13-19(15)18(14)12-16;2*11-10-6-5-8-3-1-2-4-9(8)7-10;1-2-4-5-3-1;;;;/h7,9-10,12-13H,11H2,1-6H3;2*1-4,6-7H;1-3H,4H2;1H2;2*1H;. The van der Waals surface area contributed by atoms with Crippen LogP contribution in [0.25, 0.3) is 32.7 Å². The van der Waals surface area contributed by atoms with E-state index in [4.69, 9.17) is 27.4 Å². The van der Waals surface area contributed by atoms with Gasteiger partial charge >= 0.3 is 310 Å². The second-order valence-corrected chi connectivity index (χ2v) is 30.3. The Kier molecular flexibility index (Phi) is 10.1. The van der Waals surface area contributed by atoms with Crippen molar-refractivity contribution in [1.29, 1.82) is 0 Å². The molecule has 0 fully saturated rings. The van der Waals surface area contributed by atoms with Crippen LogP contribution in [0.15, 0.2) is 125 Å². The Bertz CT molecular complexity index is 2450. The fourth-order valence-corrected chi connectivity index (χ4v) is 26.8. The summed E-state index contributed by atoms with van der Waals surface area (Å²) in [5.41, 5.74) is 8.12. The van der Waals surface area contributed by atoms with Crippen LogP contribution in [-0.2, 0) is 35.5 Å². The van der Waals surface area contributed by atoms with E-state index in [0.29, 0.717) is 0 Å². The summed E-state index contributed by atoms with van der Waals surface area (Å²) in [7, 11) is 0. The molecule has 0 amide bonds. The number of fused-ring (bicyclic) bond motifs is 5. The molecule has 5 heteroatoms. The number of hydrogen-bond donors (Lipinski definition) is 0. The van der Waals surface area contributed by atoms with Gasteiger partial charge in [-0.1, -0.05) is 0 Å². The number of allylic oxidation sites excluding steroid dienone is 4. The van der Waals surface area contributed by atoms with Gasteiger partial charge in [0.1, 0.15) is 0 Å². The number of hydrogen-bond acceptors (Lipinski definition) is 0. The van der Waals surface area contributed by atoms with E-state index in [1.165, 1.54) is 57.2 Å². The van der Waals surface area contributed by atoms with Crippen molar-refractivity contribution in [2.45, 2.75) is 65.2 Å². The number of benzene rings is 6. The Hall–Kier alpha value is -2.77. The van der Waals surface area contributed by atoms with Crippen LogP contribution in [0.3, 0.4) is 0 Å². The molecule has 0 nitrogen and oxygen atoms in total. The van der Waals surface area contributed by atoms with Crippen molar-refractivity contribution in [1.82, 2.24) is 0 Å². The monoisotopic (exact) mass is 840 g/mol. The summed E-state index contributed by atoms with van der Waals surface area (Å²) in [6, 6.07) is 38.5. The van der Waals surface area contributed by atoms with Crippen LogP contribution < -0.4 is 9.81 Å². The molecule has 52 heavy (non-hydrogen) atoms. The average molecular weight is 844 g/mol. The molecule has 0 radical (unpaired) electrons. The molecule has 2 aliphatic carbocycles. The molecule has 6 aromatic carbocycles. The first kappa shape index (κ1) is 38.9. The molecule has 0 bridgehead atoms. The predicted molar refractivity (Wildman–Crippen MR) is 232 cm³/mol. The zero-order valence-corrected chi connectivity index (χ0v) is 36.3. The first-order chi connectivity index (χ1) is 23.7. The van der Waals surface area contributed by atoms with Gasteiger partial charge in [-0.25, -0.2) is 0 Å². The summed E-state index contributed by atoms with van der Waals surface area (Å²) in [5, 5.41) is 6.19. The molecule has 0 aliphatic heterocycles. The topological polar surface area (TPSA) is 0 Å². The first-order valence-corrected chi connectivity index (χ1v) is 25.2. The molecule has 0 spiro atoms. The van der Waals surface area contributed by atoms with Crippen molar-refractivity contribution >= 4 is 83.6 Å². The van der Waals surface area contributed by atoms with Crippen molar-refractivity contribution < 1.29 is 18.3 Å². The van der Waals surface area contributed by atoms with Crippen LogP contribution in [0.1, 0.15) is 70.2 Å². The third-order valence-corrected chi connectivity index (χ3v) is 28.4. The first-order valence-electron chi connectivity index (χ1n) is 17.8. The average Bonchev–Trinajstić information content (AvgIpc) is 3.75. The molecule has 266 valence electrons. The van der Waals surface area contributed by atoms with Gasteiger partial charge in [-0.05, 0) is 0 Å². The Balaban J connectivity index is 0.00000232. The Labute approximate surface area is 332 Å². The van der Waals surface area contributed by atoms with Gasteiger partial charge in [0.15, 0.2) is 0 Å². The minimum atomic E-state index is -5.37. The summed E-state index contributed by atoms with van der Waals surface area (Å²) in [4.78, 5) is 0. The van der Waals surface area contributed by atoms with E-state index >= 15 is 0 Å². The summed E-state index contributed by atoms with van der Waals surface area (Å²) in [6.07, 6.45) is 8.65. The zero-order chi connectivity index (χ0) is 35.2. The van der Waals surface area contributed by atoms with E-state index in [0.717, 1.165) is 33.7 Å². The van der Waals surface area contributed by atoms with E-state index in [2.05, 4.69) is 163 Å². The Morgan fingerprint density at radius 2 is 1.13 bits per heavy atom. The van der Waals surface area contributed by atoms with Gasteiger partial charge in [0.2, 0.25) is 0 Å². The van der Waals surface area contributed by atoms with Crippen molar-refractivity contribution in [2.75, 3.05) is 0 Å². The van der Waals surface area contributed by atoms with Crippen molar-refractivity contribution in [3.05, 3.63) is 157 Å². The molecule has 0 atom stereocenters. The maximum absolute atomic E-state index is 7.22. The van der Waals surface area contributed by atoms with Crippen LogP contribution in [0.2, 0.25) is 10.0 Å². The van der Waals surface area contributed by atoms with E-state index in [9.17, 15) is 0 Å². The maximum atomic E-state index is 7.22. The van der Waals surface area contributed by atoms with Gasteiger partial charge in [0.05, 0.1) is 0 Å². The minimum absolute atomic E-state index is 0. The molecule has 0 N–H and O–H groups in total. The molecule has 8 rings (SSSR count). The van der Waals surface area contributed by atoms with Crippen molar-refractivity contribution in [3.8, 4) is 11.1 Å². The predicted octanol–water partition coefficient (Wildman–Crippen LogP) is 12.6. The van der Waals surface area contributed by atoms with Gasteiger partial charge in [-0.3, -0.25) is 0 Å². The van der Waals surface area contributed by atoms with E-state index < -0.39 is 18.3 Å². The summed E-state index contributed by atoms with van der Waals surface area (Å²) >= 11 is 9.07. The zero-order valence-electron chi connectivity index (χ0n) is 30.7. The second-order valence-electron chi connectivity index (χ2n) is 16.7. The van der Waals surface area contributed by atoms with Crippen molar-refractivity contribution in [3.63, 3.8) is 0 Å².